The van der Waals surface area contributed by atoms with Crippen LogP contribution in [0.4, 0.5) is 5.95 Å². The lowest BCUT2D eigenvalue weighted by atomic mass is 10.0. The highest BCUT2D eigenvalue weighted by Crippen LogP contribution is 2.26. The van der Waals surface area contributed by atoms with Gasteiger partial charge < -0.3 is 15.3 Å². The van der Waals surface area contributed by atoms with Crippen LogP contribution in [0.25, 0.3) is 0 Å². The van der Waals surface area contributed by atoms with Crippen molar-refractivity contribution in [3.05, 3.63) is 18.0 Å². The van der Waals surface area contributed by atoms with Crippen LogP contribution in [-0.2, 0) is 6.54 Å². The number of hydrogen-bond donors (Lipinski definition) is 2. The first-order chi connectivity index (χ1) is 9.26. The van der Waals surface area contributed by atoms with Gasteiger partial charge in [0.15, 0.2) is 0 Å². The SMILES string of the molecule is CCCNCc1cnc(N2CCC(C)C2CO)nc1. The fraction of sp³-hybridized carbons (Fsp3) is 0.714. The molecule has 5 nitrogen and oxygen atoms in total. The van der Waals surface area contributed by atoms with Gasteiger partial charge in [-0.05, 0) is 25.3 Å². The van der Waals surface area contributed by atoms with Gasteiger partial charge in [0, 0.05) is 31.0 Å². The summed E-state index contributed by atoms with van der Waals surface area (Å²) in [5.41, 5.74) is 1.10. The standard InChI is InChI=1S/C14H24N4O/c1-3-5-15-7-12-8-16-14(17-9-12)18-6-4-11(2)13(18)10-19/h8-9,11,13,15,19H,3-7,10H2,1-2H3. The molecule has 5 heteroatoms. The van der Waals surface area contributed by atoms with Crippen LogP contribution in [0.15, 0.2) is 12.4 Å². The molecule has 2 unspecified atom stereocenters. The minimum absolute atomic E-state index is 0.157. The number of aliphatic hydroxyl groups is 1. The van der Waals surface area contributed by atoms with Crippen molar-refractivity contribution >= 4 is 5.95 Å². The summed E-state index contributed by atoms with van der Waals surface area (Å²) in [6.07, 6.45) is 5.97. The summed E-state index contributed by atoms with van der Waals surface area (Å²) < 4.78 is 0. The van der Waals surface area contributed by atoms with E-state index in [-0.39, 0.29) is 12.6 Å². The number of aromatic nitrogens is 2. The summed E-state index contributed by atoms with van der Waals surface area (Å²) >= 11 is 0. The third-order valence-electron chi connectivity index (χ3n) is 3.77. The van der Waals surface area contributed by atoms with Crippen LogP contribution in [0.3, 0.4) is 0 Å². The fourth-order valence-electron chi connectivity index (χ4n) is 2.53. The molecule has 2 atom stereocenters. The Bertz CT molecular complexity index is 382. The largest absolute Gasteiger partial charge is 0.394 e. The molecule has 0 aliphatic carbocycles. The maximum atomic E-state index is 9.46. The molecule has 0 amide bonds. The summed E-state index contributed by atoms with van der Waals surface area (Å²) in [5.74, 6) is 1.24. The highest BCUT2D eigenvalue weighted by Gasteiger charge is 2.31. The van der Waals surface area contributed by atoms with Gasteiger partial charge in [0.05, 0.1) is 12.6 Å². The molecule has 19 heavy (non-hydrogen) atoms. The summed E-state index contributed by atoms with van der Waals surface area (Å²) in [4.78, 5) is 11.0. The average molecular weight is 264 g/mol. The van der Waals surface area contributed by atoms with E-state index >= 15 is 0 Å². The lowest BCUT2D eigenvalue weighted by molar-refractivity contribution is 0.244. The number of nitrogens with zero attached hydrogens (tertiary/aromatic N) is 3. The van der Waals surface area contributed by atoms with Crippen LogP contribution in [0.1, 0.15) is 32.3 Å². The molecule has 0 radical (unpaired) electrons. The second-order valence-electron chi connectivity index (χ2n) is 5.28. The molecule has 0 saturated carbocycles. The van der Waals surface area contributed by atoms with E-state index in [1.807, 2.05) is 12.4 Å². The van der Waals surface area contributed by atoms with E-state index < -0.39 is 0 Å². The maximum Gasteiger partial charge on any atom is 0.225 e. The van der Waals surface area contributed by atoms with Crippen molar-refractivity contribution in [3.63, 3.8) is 0 Å². The summed E-state index contributed by atoms with van der Waals surface area (Å²) in [6, 6.07) is 0.157. The highest BCUT2D eigenvalue weighted by atomic mass is 16.3. The number of rotatable bonds is 6. The summed E-state index contributed by atoms with van der Waals surface area (Å²) in [7, 11) is 0. The molecule has 2 heterocycles. The van der Waals surface area contributed by atoms with Crippen molar-refractivity contribution in [2.75, 3.05) is 24.6 Å². The molecule has 2 rings (SSSR count). The average Bonchev–Trinajstić information content (AvgIpc) is 2.81. The van der Waals surface area contributed by atoms with Crippen LogP contribution >= 0.6 is 0 Å². The molecule has 1 fully saturated rings. The predicted molar refractivity (Wildman–Crippen MR) is 76.0 cm³/mol. The van der Waals surface area contributed by atoms with E-state index in [2.05, 4.69) is 34.0 Å². The molecule has 106 valence electrons. The zero-order valence-corrected chi connectivity index (χ0v) is 11.8. The Kier molecular flexibility index (Phi) is 5.10. The number of aliphatic hydroxyl groups excluding tert-OH is 1. The zero-order chi connectivity index (χ0) is 13.7. The van der Waals surface area contributed by atoms with E-state index in [0.29, 0.717) is 5.92 Å². The zero-order valence-electron chi connectivity index (χ0n) is 11.8. The van der Waals surface area contributed by atoms with Gasteiger partial charge in [-0.15, -0.1) is 0 Å². The van der Waals surface area contributed by atoms with Crippen molar-refractivity contribution in [2.24, 2.45) is 5.92 Å². The minimum atomic E-state index is 0.157. The molecule has 1 saturated heterocycles. The highest BCUT2D eigenvalue weighted by molar-refractivity contribution is 5.34. The van der Waals surface area contributed by atoms with Gasteiger partial charge in [-0.2, -0.15) is 0 Å². The quantitative estimate of drug-likeness (QED) is 0.756. The summed E-state index contributed by atoms with van der Waals surface area (Å²) in [6.45, 7) is 7.25. The lowest BCUT2D eigenvalue weighted by Gasteiger charge is -2.25. The topological polar surface area (TPSA) is 61.3 Å². The molecule has 0 aromatic carbocycles. The van der Waals surface area contributed by atoms with Crippen molar-refractivity contribution < 1.29 is 5.11 Å². The molecular formula is C14H24N4O. The molecular weight excluding hydrogens is 240 g/mol. The fourth-order valence-corrected chi connectivity index (χ4v) is 2.53. The van der Waals surface area contributed by atoms with Crippen LogP contribution in [0, 0.1) is 5.92 Å². The first kappa shape index (κ1) is 14.2. The molecule has 1 aromatic rings. The molecule has 1 aromatic heterocycles. The molecule has 2 N–H and O–H groups in total. The third-order valence-corrected chi connectivity index (χ3v) is 3.77. The Labute approximate surface area is 115 Å². The first-order valence-corrected chi connectivity index (χ1v) is 7.15. The second-order valence-corrected chi connectivity index (χ2v) is 5.28. The van der Waals surface area contributed by atoms with Crippen LogP contribution in [-0.4, -0.2) is 40.8 Å². The predicted octanol–water partition coefficient (Wildman–Crippen LogP) is 1.18. The summed E-state index contributed by atoms with van der Waals surface area (Å²) in [5, 5.41) is 12.8. The van der Waals surface area contributed by atoms with Crippen LogP contribution in [0.5, 0.6) is 0 Å². The van der Waals surface area contributed by atoms with Crippen molar-refractivity contribution in [3.8, 4) is 0 Å². The van der Waals surface area contributed by atoms with E-state index in [1.54, 1.807) is 0 Å². The Hall–Kier alpha value is -1.20. The van der Waals surface area contributed by atoms with Crippen molar-refractivity contribution in [1.29, 1.82) is 0 Å². The minimum Gasteiger partial charge on any atom is -0.394 e. The van der Waals surface area contributed by atoms with Gasteiger partial charge in [0.25, 0.3) is 0 Å². The van der Waals surface area contributed by atoms with E-state index in [0.717, 1.165) is 44.0 Å². The van der Waals surface area contributed by atoms with Crippen LogP contribution in [0.2, 0.25) is 0 Å². The Balaban J connectivity index is 1.98. The van der Waals surface area contributed by atoms with Gasteiger partial charge in [0.1, 0.15) is 0 Å². The van der Waals surface area contributed by atoms with Gasteiger partial charge in [-0.3, -0.25) is 0 Å². The van der Waals surface area contributed by atoms with E-state index in [1.165, 1.54) is 0 Å². The first-order valence-electron chi connectivity index (χ1n) is 7.15. The number of nitrogens with one attached hydrogen (secondary N) is 1. The monoisotopic (exact) mass is 264 g/mol. The normalized spacial score (nSPS) is 23.0. The Morgan fingerprint density at radius 2 is 2.16 bits per heavy atom. The van der Waals surface area contributed by atoms with E-state index in [9.17, 15) is 5.11 Å². The molecule has 1 aliphatic rings. The van der Waals surface area contributed by atoms with Gasteiger partial charge in [-0.25, -0.2) is 9.97 Å². The smallest absolute Gasteiger partial charge is 0.225 e. The van der Waals surface area contributed by atoms with Crippen molar-refractivity contribution in [1.82, 2.24) is 15.3 Å². The van der Waals surface area contributed by atoms with E-state index in [4.69, 9.17) is 0 Å². The Morgan fingerprint density at radius 1 is 1.42 bits per heavy atom. The third kappa shape index (κ3) is 3.42. The molecule has 0 bridgehead atoms. The van der Waals surface area contributed by atoms with Gasteiger partial charge in [-0.1, -0.05) is 13.8 Å². The van der Waals surface area contributed by atoms with Gasteiger partial charge >= 0.3 is 0 Å². The number of anilines is 1. The second kappa shape index (κ2) is 6.82. The Morgan fingerprint density at radius 3 is 2.79 bits per heavy atom. The van der Waals surface area contributed by atoms with Crippen molar-refractivity contribution in [2.45, 2.75) is 39.3 Å². The lowest BCUT2D eigenvalue weighted by Crippen LogP contribution is -2.36. The van der Waals surface area contributed by atoms with Gasteiger partial charge in [0.2, 0.25) is 5.95 Å². The molecule has 0 spiro atoms. The molecule has 1 aliphatic heterocycles. The number of hydrogen-bond acceptors (Lipinski definition) is 5. The van der Waals surface area contributed by atoms with Crippen LogP contribution < -0.4 is 10.2 Å². The maximum absolute atomic E-state index is 9.46.